The Hall–Kier alpha value is -1.79. The molecule has 0 saturated heterocycles. The lowest BCUT2D eigenvalue weighted by molar-refractivity contribution is -0.139. The maximum absolute atomic E-state index is 13.4. The van der Waals surface area contributed by atoms with Gasteiger partial charge in [-0.2, -0.15) is 24.9 Å². The molecule has 160 valence electrons. The number of urea groups is 1. The smallest absolute Gasteiger partial charge is 0.338 e. The molecule has 2 rings (SSSR count). The van der Waals surface area contributed by atoms with E-state index in [1.165, 1.54) is 6.07 Å². The third-order valence-corrected chi connectivity index (χ3v) is 6.75. The van der Waals surface area contributed by atoms with E-state index < -0.39 is 32.5 Å². The zero-order valence-corrected chi connectivity index (χ0v) is 18.3. The van der Waals surface area contributed by atoms with Crippen LogP contribution in [0.15, 0.2) is 23.1 Å². The van der Waals surface area contributed by atoms with E-state index in [1.807, 2.05) is 6.26 Å². The first kappa shape index (κ1) is 23.5. The number of aromatic nitrogens is 1. The van der Waals surface area contributed by atoms with Crippen LogP contribution in [0, 0.1) is 6.92 Å². The van der Waals surface area contributed by atoms with Crippen LogP contribution in [-0.4, -0.2) is 44.2 Å². The number of aryl methyl sites for hydroxylation is 1. The summed E-state index contributed by atoms with van der Waals surface area (Å²) in [6.07, 6.45) is -1.32. The minimum atomic E-state index is -4.83. The zero-order valence-electron chi connectivity index (χ0n) is 15.9. The predicted molar refractivity (Wildman–Crippen MR) is 110 cm³/mol. The number of thiazole rings is 1. The molecule has 1 aromatic carbocycles. The van der Waals surface area contributed by atoms with Gasteiger partial charge in [0.25, 0.3) is 0 Å². The van der Waals surface area contributed by atoms with Crippen molar-refractivity contribution in [2.24, 2.45) is 0 Å². The summed E-state index contributed by atoms with van der Waals surface area (Å²) in [5.41, 5.74) is -0.632. The first-order valence-electron chi connectivity index (χ1n) is 8.36. The van der Waals surface area contributed by atoms with Gasteiger partial charge < -0.3 is 5.32 Å². The van der Waals surface area contributed by atoms with Crippen LogP contribution in [0.3, 0.4) is 0 Å². The molecule has 0 aliphatic rings. The van der Waals surface area contributed by atoms with Crippen molar-refractivity contribution in [1.29, 1.82) is 0 Å². The molecule has 0 bridgehead atoms. The van der Waals surface area contributed by atoms with E-state index in [0.717, 1.165) is 41.9 Å². The molecular weight excluding hydrogens is 447 g/mol. The molecule has 0 aliphatic carbocycles. The molecule has 0 saturated carbocycles. The molecule has 0 fully saturated rings. The number of amides is 2. The van der Waals surface area contributed by atoms with Crippen LogP contribution in [0.25, 0.3) is 10.4 Å². The summed E-state index contributed by atoms with van der Waals surface area (Å²) in [4.78, 5) is 15.7. The summed E-state index contributed by atoms with van der Waals surface area (Å²) in [6, 6.07) is 2.59. The first-order valence-corrected chi connectivity index (χ1v) is 12.5. The largest absolute Gasteiger partial charge is 0.417 e. The summed E-state index contributed by atoms with van der Waals surface area (Å²) in [5, 5.41) is 5.47. The number of hydrogen-bond acceptors (Lipinski definition) is 6. The van der Waals surface area contributed by atoms with Gasteiger partial charge in [0, 0.05) is 12.8 Å². The third-order valence-electron chi connectivity index (χ3n) is 3.77. The van der Waals surface area contributed by atoms with Crippen molar-refractivity contribution in [3.05, 3.63) is 29.5 Å². The molecule has 6 nitrogen and oxygen atoms in total. The molecule has 0 atom stereocenters. The quantitative estimate of drug-likeness (QED) is 0.589. The van der Waals surface area contributed by atoms with Gasteiger partial charge in [0.2, 0.25) is 0 Å². The number of nitrogens with zero attached hydrogens (tertiary/aromatic N) is 1. The van der Waals surface area contributed by atoms with E-state index in [0.29, 0.717) is 17.1 Å². The van der Waals surface area contributed by atoms with Crippen molar-refractivity contribution in [2.45, 2.75) is 24.4 Å². The summed E-state index contributed by atoms with van der Waals surface area (Å²) in [7, 11) is -4.05. The highest BCUT2D eigenvalue weighted by Gasteiger charge is 2.36. The Bertz CT molecular complexity index is 989. The van der Waals surface area contributed by atoms with Gasteiger partial charge in [-0.1, -0.05) is 17.4 Å². The number of sulfone groups is 1. The van der Waals surface area contributed by atoms with Crippen molar-refractivity contribution < 1.29 is 26.4 Å². The van der Waals surface area contributed by atoms with Gasteiger partial charge in [-0.05, 0) is 43.0 Å². The Kier molecular flexibility index (Phi) is 7.57. The maximum atomic E-state index is 13.4. The van der Waals surface area contributed by atoms with Crippen LogP contribution >= 0.6 is 23.1 Å². The SMILES string of the molecule is CSCCCNC(=O)Nc1nc(C)c(-c2ccc(S(C)(=O)=O)c(C(F)(F)F)c2)s1. The standard InChI is InChI=1S/C17H20F3N3O3S3/c1-10-14(28-16(22-10)23-15(24)21-7-4-8-27-2)11-5-6-13(29(3,25)26)12(9-11)17(18,19)20/h5-6,9H,4,7-8H2,1-3H3,(H2,21,22,23,24). The van der Waals surface area contributed by atoms with Crippen LogP contribution in [0.1, 0.15) is 17.7 Å². The normalized spacial score (nSPS) is 12.1. The lowest BCUT2D eigenvalue weighted by Gasteiger charge is -2.13. The Morgan fingerprint density at radius 3 is 2.59 bits per heavy atom. The number of carbonyl (C=O) groups is 1. The van der Waals surface area contributed by atoms with Gasteiger partial charge in [0.05, 0.1) is 21.0 Å². The van der Waals surface area contributed by atoms with Crippen molar-refractivity contribution in [2.75, 3.05) is 30.1 Å². The van der Waals surface area contributed by atoms with Crippen molar-refractivity contribution >= 4 is 44.1 Å². The molecule has 0 radical (unpaired) electrons. The Labute approximate surface area is 175 Å². The minimum absolute atomic E-state index is 0.174. The molecule has 1 heterocycles. The average molecular weight is 468 g/mol. The van der Waals surface area contributed by atoms with E-state index in [9.17, 15) is 26.4 Å². The molecule has 29 heavy (non-hydrogen) atoms. The molecule has 0 spiro atoms. The van der Waals surface area contributed by atoms with Crippen LogP contribution < -0.4 is 10.6 Å². The number of thioether (sulfide) groups is 1. The summed E-state index contributed by atoms with van der Waals surface area (Å²) in [6.45, 7) is 2.09. The van der Waals surface area contributed by atoms with Gasteiger partial charge in [-0.15, -0.1) is 0 Å². The molecule has 0 aliphatic heterocycles. The van der Waals surface area contributed by atoms with Crippen molar-refractivity contribution in [3.63, 3.8) is 0 Å². The van der Waals surface area contributed by atoms with Crippen LogP contribution in [-0.2, 0) is 16.0 Å². The van der Waals surface area contributed by atoms with E-state index in [2.05, 4.69) is 15.6 Å². The number of nitrogens with one attached hydrogen (secondary N) is 2. The maximum Gasteiger partial charge on any atom is 0.417 e. The molecule has 2 N–H and O–H groups in total. The van der Waals surface area contributed by atoms with E-state index in [-0.39, 0.29) is 10.7 Å². The summed E-state index contributed by atoms with van der Waals surface area (Å²) >= 11 is 2.68. The van der Waals surface area contributed by atoms with Crippen molar-refractivity contribution in [1.82, 2.24) is 10.3 Å². The number of alkyl halides is 3. The molecule has 12 heteroatoms. The number of rotatable bonds is 7. The van der Waals surface area contributed by atoms with Gasteiger partial charge >= 0.3 is 12.2 Å². The fraction of sp³-hybridized carbons (Fsp3) is 0.412. The Morgan fingerprint density at radius 1 is 1.31 bits per heavy atom. The van der Waals surface area contributed by atoms with Gasteiger partial charge in [0.1, 0.15) is 0 Å². The summed E-state index contributed by atoms with van der Waals surface area (Å²) in [5.74, 6) is 0.909. The Morgan fingerprint density at radius 2 is 2.00 bits per heavy atom. The highest BCUT2D eigenvalue weighted by Crippen LogP contribution is 2.39. The van der Waals surface area contributed by atoms with E-state index >= 15 is 0 Å². The summed E-state index contributed by atoms with van der Waals surface area (Å²) < 4.78 is 63.6. The number of carbonyl (C=O) groups excluding carboxylic acids is 1. The average Bonchev–Trinajstić information content (AvgIpc) is 2.97. The van der Waals surface area contributed by atoms with Gasteiger partial charge in [0.15, 0.2) is 15.0 Å². The van der Waals surface area contributed by atoms with Crippen molar-refractivity contribution in [3.8, 4) is 10.4 Å². The molecule has 2 amide bonds. The lowest BCUT2D eigenvalue weighted by atomic mass is 10.1. The van der Waals surface area contributed by atoms with Gasteiger partial charge in [-0.3, -0.25) is 5.32 Å². The number of benzene rings is 1. The lowest BCUT2D eigenvalue weighted by Crippen LogP contribution is -2.29. The third kappa shape index (κ3) is 6.34. The van der Waals surface area contributed by atoms with Gasteiger partial charge in [-0.25, -0.2) is 18.2 Å². The second-order valence-electron chi connectivity index (χ2n) is 6.14. The van der Waals surface area contributed by atoms with E-state index in [4.69, 9.17) is 0 Å². The number of halogens is 3. The number of hydrogen-bond donors (Lipinski definition) is 2. The fourth-order valence-electron chi connectivity index (χ4n) is 2.49. The fourth-order valence-corrected chi connectivity index (χ4v) is 4.77. The van der Waals surface area contributed by atoms with E-state index in [1.54, 1.807) is 18.7 Å². The monoisotopic (exact) mass is 467 g/mol. The van der Waals surface area contributed by atoms with Crippen LogP contribution in [0.2, 0.25) is 0 Å². The molecule has 0 unspecified atom stereocenters. The molecule has 1 aromatic heterocycles. The first-order chi connectivity index (χ1) is 13.4. The minimum Gasteiger partial charge on any atom is -0.338 e. The Balaban J connectivity index is 2.28. The predicted octanol–water partition coefficient (Wildman–Crippen LogP) is 4.42. The number of anilines is 1. The van der Waals surface area contributed by atoms with Crippen LogP contribution in [0.5, 0.6) is 0 Å². The zero-order chi connectivity index (χ0) is 21.8. The highest BCUT2D eigenvalue weighted by molar-refractivity contribution is 7.98. The molecular formula is C17H20F3N3O3S3. The second-order valence-corrected chi connectivity index (χ2v) is 10.1. The topological polar surface area (TPSA) is 88.2 Å². The highest BCUT2D eigenvalue weighted by atomic mass is 32.2. The molecule has 2 aromatic rings. The van der Waals surface area contributed by atoms with Crippen LogP contribution in [0.4, 0.5) is 23.1 Å². The second kappa shape index (κ2) is 9.35.